The molecule has 0 radical (unpaired) electrons. The van der Waals surface area contributed by atoms with Crippen molar-refractivity contribution in [2.24, 2.45) is 0 Å². The summed E-state index contributed by atoms with van der Waals surface area (Å²) in [6, 6.07) is 11.0. The molecular weight excluding hydrogens is 478 g/mol. The van der Waals surface area contributed by atoms with Crippen LogP contribution >= 0.6 is 31.9 Å². The molecule has 0 fully saturated rings. The van der Waals surface area contributed by atoms with Crippen LogP contribution in [0.5, 0.6) is 5.75 Å². The molecule has 0 unspecified atom stereocenters. The lowest BCUT2D eigenvalue weighted by molar-refractivity contribution is 0.0745. The molecule has 2 aromatic heterocycles. The molecule has 1 aromatic carbocycles. The van der Waals surface area contributed by atoms with Crippen molar-refractivity contribution in [2.45, 2.75) is 26.6 Å². The second kappa shape index (κ2) is 8.75. The van der Waals surface area contributed by atoms with Crippen LogP contribution < -0.4 is 4.74 Å². The predicted molar refractivity (Wildman–Crippen MR) is 109 cm³/mol. The van der Waals surface area contributed by atoms with Gasteiger partial charge in [0, 0.05) is 18.1 Å². The summed E-state index contributed by atoms with van der Waals surface area (Å²) >= 11 is 6.86. The van der Waals surface area contributed by atoms with Crippen LogP contribution in [0.4, 0.5) is 0 Å². The fraction of sp³-hybridized carbons (Fsp3) is 0.263. The molecule has 3 aromatic rings. The van der Waals surface area contributed by atoms with E-state index < -0.39 is 0 Å². The number of carbonyl (C=O) groups excluding carboxylic acids is 1. The average molecular weight is 497 g/mol. The largest absolute Gasteiger partial charge is 0.486 e. The van der Waals surface area contributed by atoms with E-state index >= 15 is 0 Å². The first-order valence-electron chi connectivity index (χ1n) is 8.40. The van der Waals surface area contributed by atoms with Crippen LogP contribution in [0.25, 0.3) is 0 Å². The van der Waals surface area contributed by atoms with Gasteiger partial charge < -0.3 is 14.1 Å². The number of aromatic nitrogens is 2. The Morgan fingerprint density at radius 3 is 2.67 bits per heavy atom. The Hall–Kier alpha value is -2.06. The van der Waals surface area contributed by atoms with E-state index in [-0.39, 0.29) is 18.3 Å². The van der Waals surface area contributed by atoms with Gasteiger partial charge in [0.25, 0.3) is 5.91 Å². The van der Waals surface area contributed by atoms with E-state index in [4.69, 9.17) is 9.15 Å². The Balaban J connectivity index is 1.62. The van der Waals surface area contributed by atoms with Crippen molar-refractivity contribution in [1.82, 2.24) is 14.7 Å². The normalized spacial score (nSPS) is 10.8. The molecule has 0 saturated heterocycles. The number of ether oxygens (including phenoxy) is 1. The highest BCUT2D eigenvalue weighted by Gasteiger charge is 2.19. The van der Waals surface area contributed by atoms with Crippen molar-refractivity contribution in [3.8, 4) is 5.75 Å². The second-order valence-corrected chi connectivity index (χ2v) is 7.69. The Morgan fingerprint density at radius 1 is 1.22 bits per heavy atom. The first-order valence-corrected chi connectivity index (χ1v) is 9.99. The number of nitrogens with zero attached hydrogens (tertiary/aromatic N) is 3. The molecule has 6 nitrogen and oxygen atoms in total. The molecule has 0 aliphatic heterocycles. The van der Waals surface area contributed by atoms with Crippen molar-refractivity contribution >= 4 is 37.8 Å². The maximum absolute atomic E-state index is 12.6. The molecular formula is C19H19Br2N3O3. The first kappa shape index (κ1) is 19.7. The van der Waals surface area contributed by atoms with Crippen molar-refractivity contribution in [2.75, 3.05) is 7.05 Å². The number of rotatable bonds is 7. The molecule has 142 valence electrons. The maximum atomic E-state index is 12.6. The van der Waals surface area contributed by atoms with Crippen molar-refractivity contribution in [3.05, 3.63) is 68.8 Å². The third kappa shape index (κ3) is 4.81. The van der Waals surface area contributed by atoms with E-state index in [0.717, 1.165) is 26.9 Å². The van der Waals surface area contributed by atoms with E-state index in [9.17, 15) is 4.79 Å². The fourth-order valence-electron chi connectivity index (χ4n) is 2.56. The van der Waals surface area contributed by atoms with Gasteiger partial charge in [-0.15, -0.1) is 0 Å². The molecule has 0 bridgehead atoms. The minimum absolute atomic E-state index is 0.194. The molecule has 3 rings (SSSR count). The molecule has 0 aliphatic carbocycles. The lowest BCUT2D eigenvalue weighted by Crippen LogP contribution is -2.27. The third-order valence-corrected chi connectivity index (χ3v) is 5.19. The Bertz CT molecular complexity index is 919. The number of hydrogen-bond donors (Lipinski definition) is 0. The highest BCUT2D eigenvalue weighted by Crippen LogP contribution is 2.20. The van der Waals surface area contributed by atoms with Crippen LogP contribution in [0.15, 0.2) is 56.0 Å². The summed E-state index contributed by atoms with van der Waals surface area (Å²) < 4.78 is 15.1. The molecule has 1 amide bonds. The Kier molecular flexibility index (Phi) is 6.38. The summed E-state index contributed by atoms with van der Waals surface area (Å²) in [5, 5.41) is 4.27. The summed E-state index contributed by atoms with van der Waals surface area (Å²) in [6.45, 7) is 3.43. The van der Waals surface area contributed by atoms with E-state index in [2.05, 4.69) is 37.0 Å². The molecule has 8 heteroatoms. The quantitative estimate of drug-likeness (QED) is 0.468. The van der Waals surface area contributed by atoms with Crippen LogP contribution in [0, 0.1) is 0 Å². The van der Waals surface area contributed by atoms with Crippen LogP contribution in [0.2, 0.25) is 0 Å². The fourth-order valence-corrected chi connectivity index (χ4v) is 3.24. The van der Waals surface area contributed by atoms with Crippen LogP contribution in [0.1, 0.15) is 28.9 Å². The van der Waals surface area contributed by atoms with E-state index in [1.807, 2.05) is 35.9 Å². The van der Waals surface area contributed by atoms with Gasteiger partial charge >= 0.3 is 0 Å². The SMILES string of the molecule is CCn1ncc(Br)c1CN(C)C(=O)c1ccc(COc2ccc(Br)cc2)o1. The monoisotopic (exact) mass is 495 g/mol. The minimum Gasteiger partial charge on any atom is -0.486 e. The lowest BCUT2D eigenvalue weighted by Gasteiger charge is -2.17. The number of aryl methyl sites for hydroxylation is 1. The zero-order valence-electron chi connectivity index (χ0n) is 15.0. The van der Waals surface area contributed by atoms with Crippen LogP contribution in [0.3, 0.4) is 0 Å². The van der Waals surface area contributed by atoms with Gasteiger partial charge in [0.2, 0.25) is 0 Å². The summed E-state index contributed by atoms with van der Waals surface area (Å²) in [7, 11) is 1.74. The van der Waals surface area contributed by atoms with E-state index in [1.54, 1.807) is 30.3 Å². The van der Waals surface area contributed by atoms with Crippen molar-refractivity contribution in [1.29, 1.82) is 0 Å². The summed E-state index contributed by atoms with van der Waals surface area (Å²) in [5.41, 5.74) is 0.943. The highest BCUT2D eigenvalue weighted by atomic mass is 79.9. The summed E-state index contributed by atoms with van der Waals surface area (Å²) in [6.07, 6.45) is 1.74. The standard InChI is InChI=1S/C19H19Br2N3O3/c1-3-24-17(16(21)10-22-24)11-23(2)19(25)18-9-8-15(27-18)12-26-14-6-4-13(20)5-7-14/h4-10H,3,11-12H2,1-2H3. The zero-order valence-corrected chi connectivity index (χ0v) is 18.2. The maximum Gasteiger partial charge on any atom is 0.289 e. The second-order valence-electron chi connectivity index (χ2n) is 5.92. The number of amides is 1. The number of halogens is 2. The van der Waals surface area contributed by atoms with Gasteiger partial charge in [-0.3, -0.25) is 9.48 Å². The summed E-state index contributed by atoms with van der Waals surface area (Å²) in [4.78, 5) is 14.3. The van der Waals surface area contributed by atoms with Crippen molar-refractivity contribution in [3.63, 3.8) is 0 Å². The third-order valence-electron chi connectivity index (χ3n) is 4.00. The van der Waals surface area contributed by atoms with Gasteiger partial charge in [-0.25, -0.2) is 0 Å². The predicted octanol–water partition coefficient (Wildman–Crippen LogP) is 4.87. The average Bonchev–Trinajstić information content (AvgIpc) is 3.28. The molecule has 0 atom stereocenters. The Morgan fingerprint density at radius 2 is 1.96 bits per heavy atom. The molecule has 0 saturated carbocycles. The van der Waals surface area contributed by atoms with Gasteiger partial charge in [-0.2, -0.15) is 5.10 Å². The van der Waals surface area contributed by atoms with Crippen LogP contribution in [-0.2, 0) is 19.7 Å². The lowest BCUT2D eigenvalue weighted by atomic mass is 10.3. The van der Waals surface area contributed by atoms with Crippen LogP contribution in [-0.4, -0.2) is 27.6 Å². The van der Waals surface area contributed by atoms with E-state index in [1.165, 1.54) is 0 Å². The smallest absolute Gasteiger partial charge is 0.289 e. The number of benzene rings is 1. The molecule has 27 heavy (non-hydrogen) atoms. The molecule has 2 heterocycles. The molecule has 0 aliphatic rings. The topological polar surface area (TPSA) is 60.5 Å². The van der Waals surface area contributed by atoms with Gasteiger partial charge in [-0.05, 0) is 59.3 Å². The zero-order chi connectivity index (χ0) is 19.4. The van der Waals surface area contributed by atoms with Gasteiger partial charge in [0.1, 0.15) is 18.1 Å². The van der Waals surface area contributed by atoms with E-state index in [0.29, 0.717) is 12.3 Å². The van der Waals surface area contributed by atoms with Gasteiger partial charge in [-0.1, -0.05) is 15.9 Å². The van der Waals surface area contributed by atoms with Crippen molar-refractivity contribution < 1.29 is 13.9 Å². The molecule has 0 spiro atoms. The van der Waals surface area contributed by atoms with Gasteiger partial charge in [0.15, 0.2) is 5.76 Å². The number of carbonyl (C=O) groups is 1. The number of furan rings is 1. The molecule has 0 N–H and O–H groups in total. The summed E-state index contributed by atoms with van der Waals surface area (Å²) in [5.74, 6) is 1.41. The minimum atomic E-state index is -0.194. The first-order chi connectivity index (χ1) is 13.0. The Labute approximate surface area is 174 Å². The van der Waals surface area contributed by atoms with Gasteiger partial charge in [0.05, 0.1) is 22.9 Å². The number of hydrogen-bond acceptors (Lipinski definition) is 4. The highest BCUT2D eigenvalue weighted by molar-refractivity contribution is 9.10.